The monoisotopic (exact) mass is 190 g/mol. The molecule has 0 aliphatic heterocycles. The molecule has 0 unspecified atom stereocenters. The summed E-state index contributed by atoms with van der Waals surface area (Å²) in [7, 11) is 0. The standard InChI is InChI=1S/C12H18N2/c1-5-11(7-6-9(2)3)12-8-13-10(4)14-12/h6-8H,5H2,1-4H3,(H,13,14). The van der Waals surface area contributed by atoms with Crippen molar-refractivity contribution in [2.24, 2.45) is 0 Å². The van der Waals surface area contributed by atoms with E-state index in [2.05, 4.69) is 42.9 Å². The number of hydrogen-bond donors (Lipinski definition) is 1. The molecule has 0 saturated heterocycles. The lowest BCUT2D eigenvalue weighted by Crippen LogP contribution is -1.82. The lowest BCUT2D eigenvalue weighted by molar-refractivity contribution is 1.13. The normalized spacial score (nSPS) is 11.6. The highest BCUT2D eigenvalue weighted by atomic mass is 14.9. The first-order valence-corrected chi connectivity index (χ1v) is 4.99. The van der Waals surface area contributed by atoms with Crippen LogP contribution in [0.4, 0.5) is 0 Å². The van der Waals surface area contributed by atoms with E-state index < -0.39 is 0 Å². The van der Waals surface area contributed by atoms with Crippen LogP contribution in [-0.2, 0) is 0 Å². The molecule has 1 rings (SSSR count). The van der Waals surface area contributed by atoms with Gasteiger partial charge in [0, 0.05) is 0 Å². The Balaban J connectivity index is 2.92. The number of rotatable bonds is 3. The first-order valence-electron chi connectivity index (χ1n) is 4.99. The zero-order valence-electron chi connectivity index (χ0n) is 9.39. The first kappa shape index (κ1) is 10.8. The number of nitrogens with one attached hydrogen (secondary N) is 1. The predicted octanol–water partition coefficient (Wildman–Crippen LogP) is 3.48. The zero-order valence-corrected chi connectivity index (χ0v) is 9.39. The third-order valence-electron chi connectivity index (χ3n) is 2.05. The fourth-order valence-corrected chi connectivity index (χ4v) is 1.25. The summed E-state index contributed by atoms with van der Waals surface area (Å²) in [5, 5.41) is 0. The second kappa shape index (κ2) is 4.80. The summed E-state index contributed by atoms with van der Waals surface area (Å²) < 4.78 is 0. The number of H-pyrrole nitrogens is 1. The molecule has 14 heavy (non-hydrogen) atoms. The largest absolute Gasteiger partial charge is 0.343 e. The number of allylic oxidation sites excluding steroid dienone is 4. The van der Waals surface area contributed by atoms with Crippen LogP contribution in [0.15, 0.2) is 23.9 Å². The van der Waals surface area contributed by atoms with Gasteiger partial charge in [0.1, 0.15) is 5.82 Å². The Morgan fingerprint density at radius 3 is 2.57 bits per heavy atom. The average Bonchev–Trinajstić information content (AvgIpc) is 2.53. The molecule has 0 saturated carbocycles. The molecule has 2 heteroatoms. The molecule has 76 valence electrons. The molecule has 1 aromatic heterocycles. The first-order chi connectivity index (χ1) is 6.63. The topological polar surface area (TPSA) is 28.7 Å². The van der Waals surface area contributed by atoms with Gasteiger partial charge in [-0.15, -0.1) is 0 Å². The van der Waals surface area contributed by atoms with E-state index in [4.69, 9.17) is 0 Å². The van der Waals surface area contributed by atoms with Crippen LogP contribution in [0.3, 0.4) is 0 Å². The molecule has 2 nitrogen and oxygen atoms in total. The van der Waals surface area contributed by atoms with Crippen LogP contribution in [0.2, 0.25) is 0 Å². The van der Waals surface area contributed by atoms with Crippen molar-refractivity contribution >= 4 is 5.57 Å². The van der Waals surface area contributed by atoms with Crippen molar-refractivity contribution < 1.29 is 0 Å². The van der Waals surface area contributed by atoms with Gasteiger partial charge in [-0.05, 0) is 32.8 Å². The molecule has 0 fully saturated rings. The van der Waals surface area contributed by atoms with E-state index >= 15 is 0 Å². The number of aromatic amines is 1. The minimum Gasteiger partial charge on any atom is -0.343 e. The van der Waals surface area contributed by atoms with Crippen LogP contribution in [0.1, 0.15) is 38.7 Å². The minimum atomic E-state index is 0.969. The maximum Gasteiger partial charge on any atom is 0.103 e. The van der Waals surface area contributed by atoms with Gasteiger partial charge in [0.25, 0.3) is 0 Å². The van der Waals surface area contributed by atoms with Crippen molar-refractivity contribution in [3.63, 3.8) is 0 Å². The van der Waals surface area contributed by atoms with Crippen LogP contribution in [-0.4, -0.2) is 9.97 Å². The molecule has 0 aliphatic carbocycles. The number of aryl methyl sites for hydroxylation is 1. The van der Waals surface area contributed by atoms with E-state index in [0.717, 1.165) is 17.9 Å². The Bertz CT molecular complexity index is 352. The maximum atomic E-state index is 4.20. The zero-order chi connectivity index (χ0) is 10.6. The predicted molar refractivity (Wildman–Crippen MR) is 61.0 cm³/mol. The second-order valence-electron chi connectivity index (χ2n) is 3.67. The summed E-state index contributed by atoms with van der Waals surface area (Å²) in [6.07, 6.45) is 7.20. The van der Waals surface area contributed by atoms with Crippen LogP contribution >= 0.6 is 0 Å². The Hall–Kier alpha value is -1.31. The molecule has 0 atom stereocenters. The minimum absolute atomic E-state index is 0.969. The van der Waals surface area contributed by atoms with Crippen LogP contribution in [0, 0.1) is 6.92 Å². The fraction of sp³-hybridized carbons (Fsp3) is 0.417. The Labute approximate surface area is 85.8 Å². The Morgan fingerprint density at radius 2 is 2.14 bits per heavy atom. The summed E-state index contributed by atoms with van der Waals surface area (Å²) in [5.41, 5.74) is 3.74. The number of hydrogen-bond acceptors (Lipinski definition) is 1. The highest BCUT2D eigenvalue weighted by molar-refractivity contribution is 5.63. The molecule has 0 aliphatic rings. The van der Waals surface area contributed by atoms with Crippen LogP contribution in [0.25, 0.3) is 5.57 Å². The molecule has 0 aromatic carbocycles. The molecule has 1 N–H and O–H groups in total. The number of nitrogens with zero attached hydrogens (tertiary/aromatic N) is 1. The Morgan fingerprint density at radius 1 is 1.43 bits per heavy atom. The lowest BCUT2D eigenvalue weighted by Gasteiger charge is -1.99. The van der Waals surface area contributed by atoms with Gasteiger partial charge in [-0.1, -0.05) is 24.6 Å². The van der Waals surface area contributed by atoms with Gasteiger partial charge in [-0.3, -0.25) is 0 Å². The van der Waals surface area contributed by atoms with E-state index in [-0.39, 0.29) is 0 Å². The summed E-state index contributed by atoms with van der Waals surface area (Å²) >= 11 is 0. The average molecular weight is 190 g/mol. The van der Waals surface area contributed by atoms with Crippen molar-refractivity contribution in [1.29, 1.82) is 0 Å². The molecule has 0 bridgehead atoms. The van der Waals surface area contributed by atoms with Gasteiger partial charge >= 0.3 is 0 Å². The van der Waals surface area contributed by atoms with E-state index in [1.54, 1.807) is 0 Å². The maximum absolute atomic E-state index is 4.20. The van der Waals surface area contributed by atoms with E-state index in [0.29, 0.717) is 0 Å². The summed E-state index contributed by atoms with van der Waals surface area (Å²) in [5.74, 6) is 0.969. The molecule has 1 heterocycles. The second-order valence-corrected chi connectivity index (χ2v) is 3.67. The highest BCUT2D eigenvalue weighted by Crippen LogP contribution is 2.16. The Kier molecular flexibility index (Phi) is 3.69. The van der Waals surface area contributed by atoms with E-state index in [9.17, 15) is 0 Å². The van der Waals surface area contributed by atoms with E-state index in [1.807, 2.05) is 13.1 Å². The molecular weight excluding hydrogens is 172 g/mol. The van der Waals surface area contributed by atoms with Crippen molar-refractivity contribution in [3.8, 4) is 0 Å². The van der Waals surface area contributed by atoms with Gasteiger partial charge in [0.2, 0.25) is 0 Å². The number of imidazole rings is 1. The van der Waals surface area contributed by atoms with E-state index in [1.165, 1.54) is 11.1 Å². The summed E-state index contributed by atoms with van der Waals surface area (Å²) in [6.45, 7) is 8.32. The van der Waals surface area contributed by atoms with Gasteiger partial charge in [0.05, 0.1) is 11.9 Å². The van der Waals surface area contributed by atoms with Crippen molar-refractivity contribution in [1.82, 2.24) is 9.97 Å². The van der Waals surface area contributed by atoms with Crippen molar-refractivity contribution in [3.05, 3.63) is 35.4 Å². The molecule has 1 aromatic rings. The SMILES string of the molecule is CCC(=CC=C(C)C)c1cnc(C)[nH]1. The van der Waals surface area contributed by atoms with Gasteiger partial charge < -0.3 is 4.98 Å². The molecule has 0 spiro atoms. The van der Waals surface area contributed by atoms with Gasteiger partial charge in [-0.2, -0.15) is 0 Å². The quantitative estimate of drug-likeness (QED) is 0.726. The summed E-state index contributed by atoms with van der Waals surface area (Å²) in [4.78, 5) is 7.44. The molecule has 0 amide bonds. The van der Waals surface area contributed by atoms with Gasteiger partial charge in [-0.25, -0.2) is 4.98 Å². The van der Waals surface area contributed by atoms with Crippen LogP contribution < -0.4 is 0 Å². The lowest BCUT2D eigenvalue weighted by atomic mass is 10.1. The number of aromatic nitrogens is 2. The van der Waals surface area contributed by atoms with Crippen molar-refractivity contribution in [2.45, 2.75) is 34.1 Å². The fourth-order valence-electron chi connectivity index (χ4n) is 1.25. The van der Waals surface area contributed by atoms with Gasteiger partial charge in [0.15, 0.2) is 0 Å². The molecular formula is C12H18N2. The van der Waals surface area contributed by atoms with Crippen molar-refractivity contribution in [2.75, 3.05) is 0 Å². The smallest absolute Gasteiger partial charge is 0.103 e. The third-order valence-corrected chi connectivity index (χ3v) is 2.05. The highest BCUT2D eigenvalue weighted by Gasteiger charge is 2.00. The summed E-state index contributed by atoms with van der Waals surface area (Å²) in [6, 6.07) is 0. The molecule has 0 radical (unpaired) electrons. The third kappa shape index (κ3) is 2.87. The van der Waals surface area contributed by atoms with Crippen LogP contribution in [0.5, 0.6) is 0 Å².